The molecule has 5 nitrogen and oxygen atoms in total. The molecule has 1 aromatic rings. The van der Waals surface area contributed by atoms with E-state index in [9.17, 15) is 9.59 Å². The fourth-order valence-electron chi connectivity index (χ4n) is 1.40. The van der Waals surface area contributed by atoms with E-state index in [2.05, 4.69) is 5.32 Å². The molecule has 0 atom stereocenters. The number of ether oxygens (including phenoxy) is 1. The van der Waals surface area contributed by atoms with Crippen molar-refractivity contribution in [1.82, 2.24) is 5.32 Å². The van der Waals surface area contributed by atoms with Gasteiger partial charge in [-0.1, -0.05) is 12.1 Å². The highest BCUT2D eigenvalue weighted by molar-refractivity contribution is 5.80. The number of amides is 1. The van der Waals surface area contributed by atoms with Gasteiger partial charge in [0, 0.05) is 18.7 Å². The Bertz CT molecular complexity index is 401. The molecule has 0 aliphatic heterocycles. The maximum Gasteiger partial charge on any atom is 0.306 e. The number of carbonyl (C=O) groups is 2. The van der Waals surface area contributed by atoms with Crippen molar-refractivity contribution < 1.29 is 14.3 Å². The summed E-state index contributed by atoms with van der Waals surface area (Å²) >= 11 is 0. The zero-order valence-electron chi connectivity index (χ0n) is 10.4. The van der Waals surface area contributed by atoms with Crippen molar-refractivity contribution in [2.75, 3.05) is 18.9 Å². The minimum absolute atomic E-state index is 0.214. The first kappa shape index (κ1) is 14.0. The van der Waals surface area contributed by atoms with E-state index in [4.69, 9.17) is 10.5 Å². The van der Waals surface area contributed by atoms with E-state index in [0.29, 0.717) is 18.7 Å². The first-order valence-corrected chi connectivity index (χ1v) is 5.88. The molecule has 0 bridgehead atoms. The summed E-state index contributed by atoms with van der Waals surface area (Å²) in [5, 5.41) is 2.55. The molecule has 98 valence electrons. The lowest BCUT2D eigenvalue weighted by Crippen LogP contribution is -2.28. The van der Waals surface area contributed by atoms with E-state index >= 15 is 0 Å². The van der Waals surface area contributed by atoms with E-state index in [-0.39, 0.29) is 24.9 Å². The van der Waals surface area contributed by atoms with Gasteiger partial charge in [-0.05, 0) is 31.0 Å². The van der Waals surface area contributed by atoms with E-state index in [1.165, 1.54) is 0 Å². The monoisotopic (exact) mass is 250 g/mol. The van der Waals surface area contributed by atoms with Crippen molar-refractivity contribution >= 4 is 17.6 Å². The largest absolute Gasteiger partial charge is 0.456 e. The Morgan fingerprint density at radius 3 is 2.56 bits per heavy atom. The van der Waals surface area contributed by atoms with Gasteiger partial charge in [-0.2, -0.15) is 0 Å². The van der Waals surface area contributed by atoms with Gasteiger partial charge in [-0.3, -0.25) is 9.59 Å². The maximum atomic E-state index is 11.4. The van der Waals surface area contributed by atoms with Crippen LogP contribution in [0.15, 0.2) is 24.3 Å². The minimum Gasteiger partial charge on any atom is -0.456 e. The van der Waals surface area contributed by atoms with E-state index < -0.39 is 0 Å². The lowest BCUT2D eigenvalue weighted by atomic mass is 10.1. The third-order valence-electron chi connectivity index (χ3n) is 2.34. The normalized spacial score (nSPS) is 9.83. The third-order valence-corrected chi connectivity index (χ3v) is 2.34. The minimum atomic E-state index is -0.377. The number of hydrogen-bond acceptors (Lipinski definition) is 4. The molecule has 0 unspecified atom stereocenters. The number of rotatable bonds is 6. The molecule has 5 heteroatoms. The summed E-state index contributed by atoms with van der Waals surface area (Å²) in [7, 11) is 0. The predicted molar refractivity (Wildman–Crippen MR) is 68.8 cm³/mol. The molecule has 0 fully saturated rings. The van der Waals surface area contributed by atoms with Crippen LogP contribution in [-0.4, -0.2) is 25.0 Å². The summed E-state index contributed by atoms with van der Waals surface area (Å²) in [6.45, 7) is 2.12. The first-order valence-electron chi connectivity index (χ1n) is 5.88. The van der Waals surface area contributed by atoms with Crippen molar-refractivity contribution in [3.05, 3.63) is 29.8 Å². The second-order valence-electron chi connectivity index (χ2n) is 3.86. The fourth-order valence-corrected chi connectivity index (χ4v) is 1.40. The number of nitrogens with two attached hydrogens (primary N) is 1. The maximum absolute atomic E-state index is 11.4. The van der Waals surface area contributed by atoms with Gasteiger partial charge >= 0.3 is 5.97 Å². The first-order chi connectivity index (χ1) is 8.61. The molecule has 3 N–H and O–H groups in total. The van der Waals surface area contributed by atoms with Crippen LogP contribution >= 0.6 is 0 Å². The quantitative estimate of drug-likeness (QED) is 0.580. The Morgan fingerprint density at radius 2 is 1.94 bits per heavy atom. The fraction of sp³-hybridized carbons (Fsp3) is 0.385. The number of esters is 1. The zero-order valence-corrected chi connectivity index (χ0v) is 10.4. The summed E-state index contributed by atoms with van der Waals surface area (Å²) < 4.78 is 4.83. The molecule has 0 saturated carbocycles. The summed E-state index contributed by atoms with van der Waals surface area (Å²) in [6, 6.07) is 7.31. The molecule has 1 amide bonds. The van der Waals surface area contributed by atoms with Crippen LogP contribution in [0, 0.1) is 0 Å². The second-order valence-corrected chi connectivity index (χ2v) is 3.86. The van der Waals surface area contributed by atoms with Crippen LogP contribution in [0.25, 0.3) is 0 Å². The SMILES string of the molecule is CCNC(=O)COC(=O)CCc1ccc(N)cc1. The molecule has 0 heterocycles. The highest BCUT2D eigenvalue weighted by Gasteiger charge is 2.06. The molecule has 0 spiro atoms. The van der Waals surface area contributed by atoms with Gasteiger partial charge in [-0.15, -0.1) is 0 Å². The van der Waals surface area contributed by atoms with Gasteiger partial charge in [-0.25, -0.2) is 0 Å². The van der Waals surface area contributed by atoms with Gasteiger partial charge in [0.2, 0.25) is 0 Å². The van der Waals surface area contributed by atoms with E-state index in [1.54, 1.807) is 19.1 Å². The van der Waals surface area contributed by atoms with E-state index in [0.717, 1.165) is 5.56 Å². The molecule has 0 aliphatic carbocycles. The molecule has 0 radical (unpaired) electrons. The van der Waals surface area contributed by atoms with Crippen LogP contribution in [0.3, 0.4) is 0 Å². The number of benzene rings is 1. The molecular weight excluding hydrogens is 232 g/mol. The Labute approximate surface area is 106 Å². The number of carbonyl (C=O) groups excluding carboxylic acids is 2. The van der Waals surface area contributed by atoms with Gasteiger partial charge in [0.25, 0.3) is 5.91 Å². The average molecular weight is 250 g/mol. The van der Waals surface area contributed by atoms with Crippen molar-refractivity contribution in [3.8, 4) is 0 Å². The smallest absolute Gasteiger partial charge is 0.306 e. The summed E-state index contributed by atoms with van der Waals surface area (Å²) in [4.78, 5) is 22.4. The van der Waals surface area contributed by atoms with Crippen molar-refractivity contribution in [1.29, 1.82) is 0 Å². The second kappa shape index (κ2) is 7.32. The molecule has 18 heavy (non-hydrogen) atoms. The molecule has 1 aromatic carbocycles. The molecule has 0 saturated heterocycles. The van der Waals surface area contributed by atoms with Crippen LogP contribution in [0.2, 0.25) is 0 Å². The van der Waals surface area contributed by atoms with Crippen LogP contribution in [-0.2, 0) is 20.7 Å². The molecule has 0 aromatic heterocycles. The number of anilines is 1. The Balaban J connectivity index is 2.24. The predicted octanol–water partition coefficient (Wildman–Crippen LogP) is 0.881. The number of nitrogen functional groups attached to an aromatic ring is 1. The highest BCUT2D eigenvalue weighted by Crippen LogP contribution is 2.07. The number of nitrogens with one attached hydrogen (secondary N) is 1. The highest BCUT2D eigenvalue weighted by atomic mass is 16.5. The van der Waals surface area contributed by atoms with Gasteiger partial charge < -0.3 is 15.8 Å². The summed E-state index contributed by atoms with van der Waals surface area (Å²) in [6.07, 6.45) is 0.831. The van der Waals surface area contributed by atoms with Gasteiger partial charge in [0.15, 0.2) is 6.61 Å². The Morgan fingerprint density at radius 1 is 1.28 bits per heavy atom. The van der Waals surface area contributed by atoms with Crippen LogP contribution in [0.1, 0.15) is 18.9 Å². The number of hydrogen-bond donors (Lipinski definition) is 2. The molecular formula is C13H18N2O3. The summed E-state index contributed by atoms with van der Waals surface area (Å²) in [5.74, 6) is -0.656. The Kier molecular flexibility index (Phi) is 5.70. The van der Waals surface area contributed by atoms with Gasteiger partial charge in [0.05, 0.1) is 0 Å². The summed E-state index contributed by atoms with van der Waals surface area (Å²) in [5.41, 5.74) is 7.26. The third kappa shape index (κ3) is 5.34. The zero-order chi connectivity index (χ0) is 13.4. The topological polar surface area (TPSA) is 81.4 Å². The number of likely N-dealkylation sites (N-methyl/N-ethyl adjacent to an activating group) is 1. The molecule has 0 aliphatic rings. The Hall–Kier alpha value is -2.04. The lowest BCUT2D eigenvalue weighted by Gasteiger charge is -2.05. The van der Waals surface area contributed by atoms with Gasteiger partial charge in [0.1, 0.15) is 0 Å². The average Bonchev–Trinajstić information content (AvgIpc) is 2.36. The van der Waals surface area contributed by atoms with Crippen LogP contribution < -0.4 is 11.1 Å². The van der Waals surface area contributed by atoms with Crippen molar-refractivity contribution in [3.63, 3.8) is 0 Å². The lowest BCUT2D eigenvalue weighted by molar-refractivity contribution is -0.148. The van der Waals surface area contributed by atoms with E-state index in [1.807, 2.05) is 12.1 Å². The number of aryl methyl sites for hydroxylation is 1. The molecule has 1 rings (SSSR count). The standard InChI is InChI=1S/C13H18N2O3/c1-2-15-12(16)9-18-13(17)8-5-10-3-6-11(14)7-4-10/h3-4,6-7H,2,5,8-9,14H2,1H3,(H,15,16). The van der Waals surface area contributed by atoms with Crippen molar-refractivity contribution in [2.24, 2.45) is 0 Å². The van der Waals surface area contributed by atoms with Crippen molar-refractivity contribution in [2.45, 2.75) is 19.8 Å². The van der Waals surface area contributed by atoms with Crippen LogP contribution in [0.5, 0.6) is 0 Å². The van der Waals surface area contributed by atoms with Crippen LogP contribution in [0.4, 0.5) is 5.69 Å².